The van der Waals surface area contributed by atoms with E-state index in [1.54, 1.807) is 0 Å². The van der Waals surface area contributed by atoms with Gasteiger partial charge in [-0.25, -0.2) is 0 Å². The molecule has 4 unspecified atom stereocenters. The highest BCUT2D eigenvalue weighted by Gasteiger charge is 2.68. The summed E-state index contributed by atoms with van der Waals surface area (Å²) in [5.74, 6) is 0.136. The third-order valence-corrected chi connectivity index (χ3v) is 11.7. The van der Waals surface area contributed by atoms with Gasteiger partial charge < -0.3 is 9.84 Å². The predicted molar refractivity (Wildman–Crippen MR) is 137 cm³/mol. The molecule has 4 fully saturated rings. The van der Waals surface area contributed by atoms with E-state index < -0.39 is 23.0 Å². The first-order chi connectivity index (χ1) is 16.5. The van der Waals surface area contributed by atoms with Gasteiger partial charge in [-0.1, -0.05) is 33.8 Å². The molecule has 8 heteroatoms. The Hall–Kier alpha value is -1.41. The maximum Gasteiger partial charge on any atom is 0.316 e. The van der Waals surface area contributed by atoms with Crippen LogP contribution in [-0.2, 0) is 14.3 Å². The van der Waals surface area contributed by atoms with Gasteiger partial charge in [0.2, 0.25) is 0 Å². The molecule has 1 N–H and O–H groups in total. The van der Waals surface area contributed by atoms with Gasteiger partial charge in [0.05, 0.1) is 23.7 Å². The molecule has 35 heavy (non-hydrogen) atoms. The normalized spacial score (nSPS) is 45.7. The molecule has 3 aliphatic carbocycles. The van der Waals surface area contributed by atoms with Crippen LogP contribution >= 0.6 is 11.8 Å². The molecular formula is C27H42N2O5S. The van der Waals surface area contributed by atoms with Gasteiger partial charge in [-0.05, 0) is 55.8 Å². The van der Waals surface area contributed by atoms with Gasteiger partial charge in [-0.15, -0.1) is 23.2 Å². The van der Waals surface area contributed by atoms with Crippen LogP contribution in [0.25, 0.3) is 0 Å². The first-order valence-electron chi connectivity index (χ1n) is 13.3. The summed E-state index contributed by atoms with van der Waals surface area (Å²) in [4.78, 5) is 37.6. The van der Waals surface area contributed by atoms with Gasteiger partial charge in [0.1, 0.15) is 11.9 Å². The molecule has 7 nitrogen and oxygen atoms in total. The largest absolute Gasteiger partial charge is 0.461 e. The Morgan fingerprint density at radius 1 is 1.31 bits per heavy atom. The highest BCUT2D eigenvalue weighted by Crippen LogP contribution is 2.68. The molecule has 0 radical (unpaired) electrons. The second-order valence-corrected chi connectivity index (χ2v) is 13.4. The van der Waals surface area contributed by atoms with E-state index in [9.17, 15) is 19.6 Å². The molecule has 1 heterocycles. The maximum absolute atomic E-state index is 13.5. The maximum atomic E-state index is 13.5. The molecule has 2 bridgehead atoms. The van der Waals surface area contributed by atoms with E-state index in [2.05, 4.69) is 32.6 Å². The molecule has 4 rings (SSSR count). The lowest BCUT2D eigenvalue weighted by atomic mass is 9.44. The fourth-order valence-corrected chi connectivity index (χ4v) is 9.06. The Kier molecular flexibility index (Phi) is 7.47. The monoisotopic (exact) mass is 506 g/mol. The number of Topliss-reactive ketones (excluding diaryl/α,β-unsaturated/α-hetero) is 1. The molecule has 9 atom stereocenters. The third kappa shape index (κ3) is 4.36. The lowest BCUT2D eigenvalue weighted by molar-refractivity contribution is -0.205. The molecule has 1 saturated heterocycles. The van der Waals surface area contributed by atoms with Gasteiger partial charge in [0.15, 0.2) is 0 Å². The van der Waals surface area contributed by atoms with Crippen molar-refractivity contribution < 1.29 is 19.4 Å². The van der Waals surface area contributed by atoms with E-state index in [0.29, 0.717) is 25.9 Å². The van der Waals surface area contributed by atoms with Crippen molar-refractivity contribution in [1.82, 2.24) is 5.01 Å². The van der Waals surface area contributed by atoms with E-state index in [1.165, 1.54) is 16.8 Å². The van der Waals surface area contributed by atoms with Crippen LogP contribution in [0.15, 0.2) is 17.9 Å². The first kappa shape index (κ1) is 26.6. The van der Waals surface area contributed by atoms with Crippen LogP contribution in [0.3, 0.4) is 0 Å². The standard InChI is InChI=1S/C27H42N2O5S/c1-6-25(4)14-21(34-22(31)16-35-19-8-7-13-29(15-19)28-33)26(5)17(2)9-11-27(18(3)24(25)32)12-10-20(30)23(26)27/h6,17-19,21,23-24,32H,1,7-16H2,2-5H3/t17-,18+,19?,21-,23?,24?,25-,26+,27?/m1/s1. The number of carbonyl (C=O) groups is 2. The fraction of sp³-hybridized carbons (Fsp3) is 0.852. The predicted octanol–water partition coefficient (Wildman–Crippen LogP) is 4.77. The minimum absolute atomic E-state index is 0.0401. The molecule has 4 aliphatic rings. The molecule has 0 spiro atoms. The average molecular weight is 507 g/mol. The summed E-state index contributed by atoms with van der Waals surface area (Å²) in [6, 6.07) is 0. The van der Waals surface area contributed by atoms with E-state index in [4.69, 9.17) is 4.74 Å². The molecule has 196 valence electrons. The Labute approximate surface area is 213 Å². The first-order valence-corrected chi connectivity index (χ1v) is 14.3. The number of ketones is 1. The van der Waals surface area contributed by atoms with Crippen LogP contribution < -0.4 is 0 Å². The van der Waals surface area contributed by atoms with Gasteiger partial charge in [-0.2, -0.15) is 0 Å². The lowest BCUT2D eigenvalue weighted by Gasteiger charge is -2.61. The van der Waals surface area contributed by atoms with E-state index >= 15 is 0 Å². The second kappa shape index (κ2) is 9.81. The minimum atomic E-state index is -0.661. The Morgan fingerprint density at radius 2 is 2.06 bits per heavy atom. The van der Waals surface area contributed by atoms with Gasteiger partial charge in [0.25, 0.3) is 0 Å². The van der Waals surface area contributed by atoms with Gasteiger partial charge in [0, 0.05) is 35.0 Å². The Morgan fingerprint density at radius 3 is 2.74 bits per heavy atom. The topological polar surface area (TPSA) is 96.3 Å². The summed E-state index contributed by atoms with van der Waals surface area (Å²) in [6.45, 7) is 13.8. The molecule has 0 aromatic rings. The number of thioether (sulfide) groups is 1. The molecule has 0 aromatic heterocycles. The van der Waals surface area contributed by atoms with Crippen molar-refractivity contribution >= 4 is 23.5 Å². The second-order valence-electron chi connectivity index (χ2n) is 12.1. The zero-order valence-electron chi connectivity index (χ0n) is 21.7. The summed E-state index contributed by atoms with van der Waals surface area (Å²) in [5, 5.41) is 16.3. The van der Waals surface area contributed by atoms with Crippen molar-refractivity contribution in [1.29, 1.82) is 0 Å². The number of hydrogen-bond donors (Lipinski definition) is 1. The molecule has 0 amide bonds. The zero-order valence-corrected chi connectivity index (χ0v) is 22.5. The van der Waals surface area contributed by atoms with Crippen molar-refractivity contribution in [2.45, 2.75) is 90.1 Å². The van der Waals surface area contributed by atoms with Crippen molar-refractivity contribution in [2.75, 3.05) is 18.8 Å². The Balaban J connectivity index is 1.61. The minimum Gasteiger partial charge on any atom is -0.461 e. The van der Waals surface area contributed by atoms with Gasteiger partial charge >= 0.3 is 5.97 Å². The van der Waals surface area contributed by atoms with E-state index in [1.807, 2.05) is 13.0 Å². The summed E-state index contributed by atoms with van der Waals surface area (Å²) in [6.07, 6.45) is 6.17. The lowest BCUT2D eigenvalue weighted by Crippen LogP contribution is -2.63. The van der Waals surface area contributed by atoms with Crippen molar-refractivity contribution in [3.8, 4) is 0 Å². The van der Waals surface area contributed by atoms with E-state index in [0.717, 1.165) is 32.1 Å². The number of rotatable bonds is 6. The summed E-state index contributed by atoms with van der Waals surface area (Å²) in [7, 11) is 0. The van der Waals surface area contributed by atoms with Crippen LogP contribution in [0.5, 0.6) is 0 Å². The van der Waals surface area contributed by atoms with E-state index in [-0.39, 0.29) is 45.9 Å². The fourth-order valence-electron chi connectivity index (χ4n) is 8.01. The Bertz CT molecular complexity index is 869. The highest BCUT2D eigenvalue weighted by atomic mass is 32.2. The number of aliphatic hydroxyl groups is 1. The summed E-state index contributed by atoms with van der Waals surface area (Å²) >= 11 is 1.52. The number of nitroso groups, excluding NO2 is 1. The smallest absolute Gasteiger partial charge is 0.316 e. The highest BCUT2D eigenvalue weighted by molar-refractivity contribution is 8.00. The van der Waals surface area contributed by atoms with Crippen LogP contribution in [0.1, 0.15) is 72.6 Å². The quantitative estimate of drug-likeness (QED) is 0.315. The number of esters is 1. The van der Waals surface area contributed by atoms with Crippen LogP contribution in [0.4, 0.5) is 0 Å². The number of carbonyl (C=O) groups excluding carboxylic acids is 2. The molecular weight excluding hydrogens is 464 g/mol. The number of hydrogen-bond acceptors (Lipinski definition) is 7. The van der Waals surface area contributed by atoms with Crippen LogP contribution in [0, 0.1) is 38.9 Å². The summed E-state index contributed by atoms with van der Waals surface area (Å²) < 4.78 is 6.29. The average Bonchev–Trinajstić information content (AvgIpc) is 3.21. The molecule has 1 aliphatic heterocycles. The molecule has 0 aromatic carbocycles. The number of aliphatic hydroxyl groups excluding tert-OH is 1. The number of ether oxygens (including phenoxy) is 1. The van der Waals surface area contributed by atoms with Crippen molar-refractivity contribution in [3.63, 3.8) is 0 Å². The van der Waals surface area contributed by atoms with Crippen molar-refractivity contribution in [2.24, 2.45) is 39.3 Å². The van der Waals surface area contributed by atoms with Crippen molar-refractivity contribution in [3.05, 3.63) is 17.6 Å². The number of piperidine rings is 1. The van der Waals surface area contributed by atoms with Gasteiger partial charge in [-0.3, -0.25) is 14.6 Å². The number of nitrogens with zero attached hydrogens (tertiary/aromatic N) is 2. The summed E-state index contributed by atoms with van der Waals surface area (Å²) in [5.41, 5.74) is -1.39. The van der Waals surface area contributed by atoms with Crippen LogP contribution in [-0.4, -0.2) is 58.2 Å². The third-order valence-electron chi connectivity index (χ3n) is 10.5. The zero-order chi connectivity index (χ0) is 25.6. The molecule has 3 saturated carbocycles. The SMILES string of the molecule is C=C[C@]1(C)C[C@@H](OC(=O)CSC2CCCN(N=O)C2)[C@@]2(C)C3C(=O)CCC3(CC[C@H]2C)[C@@H](C)C1O. The van der Waals surface area contributed by atoms with Crippen LogP contribution in [0.2, 0.25) is 0 Å².